The molecule has 2 saturated heterocycles. The van der Waals surface area contributed by atoms with Crippen LogP contribution in [0.1, 0.15) is 27.7 Å². The van der Waals surface area contributed by atoms with Gasteiger partial charge in [0, 0.05) is 10.7 Å². The van der Waals surface area contributed by atoms with Gasteiger partial charge in [0.2, 0.25) is 17.6 Å². The van der Waals surface area contributed by atoms with E-state index in [0.29, 0.717) is 5.69 Å². The van der Waals surface area contributed by atoms with Gasteiger partial charge in [-0.1, -0.05) is 40.2 Å². The zero-order valence-electron chi connectivity index (χ0n) is 16.7. The normalized spacial score (nSPS) is 25.7. The molecule has 4 heterocycles. The highest BCUT2D eigenvalue weighted by atomic mass is 79.9. The van der Waals surface area contributed by atoms with Gasteiger partial charge >= 0.3 is 0 Å². The summed E-state index contributed by atoms with van der Waals surface area (Å²) in [6.07, 6.45) is 5.20. The molecular weight excluding hydrogens is 472 g/mol. The number of fused-ring (bicyclic) bond motifs is 5. The molecule has 0 radical (unpaired) electrons. The molecule has 2 aromatic carbocycles. The summed E-state index contributed by atoms with van der Waals surface area (Å²) < 4.78 is 6.23. The topological polar surface area (TPSA) is 70.8 Å². The molecular formula is C25H17BrN2O4. The number of anilines is 1. The maximum absolute atomic E-state index is 13.7. The Morgan fingerprint density at radius 2 is 1.66 bits per heavy atom. The molecule has 0 spiro atoms. The number of halogens is 1. The molecule has 3 aromatic rings. The van der Waals surface area contributed by atoms with Gasteiger partial charge in [-0.3, -0.25) is 14.4 Å². The molecule has 1 aromatic heterocycles. The van der Waals surface area contributed by atoms with Crippen LogP contribution in [0.25, 0.3) is 6.08 Å². The molecule has 32 heavy (non-hydrogen) atoms. The first-order valence-electron chi connectivity index (χ1n) is 10.3. The van der Waals surface area contributed by atoms with E-state index in [1.165, 1.54) is 11.2 Å². The second-order valence-electron chi connectivity index (χ2n) is 8.16. The van der Waals surface area contributed by atoms with E-state index in [9.17, 15) is 14.4 Å². The molecule has 1 unspecified atom stereocenters. The first-order chi connectivity index (χ1) is 15.6. The monoisotopic (exact) mass is 488 g/mol. The highest BCUT2D eigenvalue weighted by Crippen LogP contribution is 2.53. The standard InChI is InChI=1S/C25H17BrN2O4/c26-15-7-9-16(10-8-15)28-24(30)19-20(25(28)31)22(23(29)18-6-3-13-32-18)27-12-11-14-4-1-2-5-17(14)21(19)27/h1-13,19-22H/t19-,20+,21?,22-/m0/s1. The fourth-order valence-electron chi connectivity index (χ4n) is 5.27. The number of amides is 2. The summed E-state index contributed by atoms with van der Waals surface area (Å²) in [6.45, 7) is 0. The Morgan fingerprint density at radius 3 is 2.41 bits per heavy atom. The van der Waals surface area contributed by atoms with E-state index in [0.717, 1.165) is 15.6 Å². The average Bonchev–Trinajstić information content (AvgIpc) is 3.51. The Morgan fingerprint density at radius 1 is 0.906 bits per heavy atom. The average molecular weight is 489 g/mol. The summed E-state index contributed by atoms with van der Waals surface area (Å²) in [5.41, 5.74) is 2.44. The Balaban J connectivity index is 1.50. The van der Waals surface area contributed by atoms with E-state index in [2.05, 4.69) is 15.9 Å². The molecule has 6 nitrogen and oxygen atoms in total. The molecule has 0 N–H and O–H groups in total. The van der Waals surface area contributed by atoms with Gasteiger partial charge in [0.1, 0.15) is 6.04 Å². The summed E-state index contributed by atoms with van der Waals surface area (Å²) in [7, 11) is 0. The number of carbonyl (C=O) groups is 3. The van der Waals surface area contributed by atoms with Gasteiger partial charge in [-0.2, -0.15) is 0 Å². The third-order valence-corrected chi connectivity index (χ3v) is 7.11. The van der Waals surface area contributed by atoms with Crippen LogP contribution in [0.2, 0.25) is 0 Å². The third-order valence-electron chi connectivity index (χ3n) is 6.58. The smallest absolute Gasteiger partial charge is 0.240 e. The molecule has 2 amide bonds. The molecule has 3 aliphatic rings. The fourth-order valence-corrected chi connectivity index (χ4v) is 5.53. The van der Waals surface area contributed by atoms with Gasteiger partial charge in [-0.15, -0.1) is 0 Å². The van der Waals surface area contributed by atoms with Crippen molar-refractivity contribution in [3.63, 3.8) is 0 Å². The van der Waals surface area contributed by atoms with Crippen LogP contribution in [0, 0.1) is 11.8 Å². The number of nitrogens with zero attached hydrogens (tertiary/aromatic N) is 2. The zero-order chi connectivity index (χ0) is 22.0. The SMILES string of the molecule is O=C(c1ccco1)[C@@H]1[C@@H]2C(=O)N(c3ccc(Br)cc3)C(=O)[C@@H]2C2c3ccccc3C=CN21. The van der Waals surface area contributed by atoms with Gasteiger partial charge in [0.15, 0.2) is 5.76 Å². The van der Waals surface area contributed by atoms with Crippen LogP contribution in [-0.4, -0.2) is 28.5 Å². The van der Waals surface area contributed by atoms with Crippen LogP contribution in [-0.2, 0) is 9.59 Å². The molecule has 7 heteroatoms. The number of imide groups is 1. The molecule has 0 aliphatic carbocycles. The molecule has 2 fully saturated rings. The highest BCUT2D eigenvalue weighted by molar-refractivity contribution is 9.10. The van der Waals surface area contributed by atoms with Gasteiger partial charge in [0.25, 0.3) is 0 Å². The van der Waals surface area contributed by atoms with Crippen LogP contribution in [0.4, 0.5) is 5.69 Å². The van der Waals surface area contributed by atoms with E-state index in [1.54, 1.807) is 36.4 Å². The van der Waals surface area contributed by atoms with Crippen LogP contribution < -0.4 is 4.90 Å². The Hall–Kier alpha value is -3.45. The Bertz CT molecular complexity index is 1280. The minimum Gasteiger partial charge on any atom is -0.461 e. The van der Waals surface area contributed by atoms with Crippen LogP contribution in [0.15, 0.2) is 82.0 Å². The third kappa shape index (κ3) is 2.61. The maximum Gasteiger partial charge on any atom is 0.240 e. The number of ketones is 1. The number of Topliss-reactive ketones (excluding diaryl/α,β-unsaturated/α-hetero) is 1. The van der Waals surface area contributed by atoms with Crippen LogP contribution >= 0.6 is 15.9 Å². The summed E-state index contributed by atoms with van der Waals surface area (Å²) in [4.78, 5) is 44.0. The molecule has 0 bridgehead atoms. The van der Waals surface area contributed by atoms with E-state index in [1.807, 2.05) is 41.4 Å². The van der Waals surface area contributed by atoms with E-state index in [4.69, 9.17) is 4.42 Å². The maximum atomic E-state index is 13.7. The van der Waals surface area contributed by atoms with Crippen LogP contribution in [0.5, 0.6) is 0 Å². The number of carbonyl (C=O) groups excluding carboxylic acids is 3. The predicted octanol–water partition coefficient (Wildman–Crippen LogP) is 4.44. The molecule has 3 aliphatic heterocycles. The second kappa shape index (κ2) is 7.03. The zero-order valence-corrected chi connectivity index (χ0v) is 18.3. The first-order valence-corrected chi connectivity index (χ1v) is 11.1. The van der Waals surface area contributed by atoms with Crippen molar-refractivity contribution < 1.29 is 18.8 Å². The lowest BCUT2D eigenvalue weighted by Crippen LogP contribution is -2.44. The minimum absolute atomic E-state index is 0.184. The van der Waals surface area contributed by atoms with E-state index in [-0.39, 0.29) is 23.4 Å². The second-order valence-corrected chi connectivity index (χ2v) is 9.08. The number of benzene rings is 2. The van der Waals surface area contributed by atoms with Crippen molar-refractivity contribution in [2.45, 2.75) is 12.1 Å². The van der Waals surface area contributed by atoms with Crippen molar-refractivity contribution in [2.24, 2.45) is 11.8 Å². The lowest BCUT2D eigenvalue weighted by atomic mass is 9.84. The predicted molar refractivity (Wildman–Crippen MR) is 120 cm³/mol. The van der Waals surface area contributed by atoms with E-state index >= 15 is 0 Å². The van der Waals surface area contributed by atoms with Gasteiger partial charge in [-0.25, -0.2) is 4.90 Å². The van der Waals surface area contributed by atoms with Crippen LogP contribution in [0.3, 0.4) is 0 Å². The molecule has 158 valence electrons. The van der Waals surface area contributed by atoms with E-state index < -0.39 is 23.9 Å². The first kappa shape index (κ1) is 19.3. The van der Waals surface area contributed by atoms with Crippen molar-refractivity contribution in [3.05, 3.63) is 94.5 Å². The lowest BCUT2D eigenvalue weighted by molar-refractivity contribution is -0.123. The van der Waals surface area contributed by atoms with Crippen molar-refractivity contribution in [2.75, 3.05) is 4.90 Å². The Kier molecular flexibility index (Phi) is 4.23. The van der Waals surface area contributed by atoms with Crippen molar-refractivity contribution >= 4 is 45.3 Å². The number of furan rings is 1. The van der Waals surface area contributed by atoms with Gasteiger partial charge < -0.3 is 9.32 Å². The summed E-state index contributed by atoms with van der Waals surface area (Å²) in [6, 6.07) is 16.9. The highest BCUT2D eigenvalue weighted by Gasteiger charge is 2.64. The largest absolute Gasteiger partial charge is 0.461 e. The fraction of sp³-hybridized carbons (Fsp3) is 0.160. The summed E-state index contributed by atoms with van der Waals surface area (Å²) in [5, 5.41) is 0. The number of rotatable bonds is 3. The van der Waals surface area contributed by atoms with Gasteiger partial charge in [0.05, 0.1) is 29.8 Å². The Labute approximate surface area is 192 Å². The molecule has 4 atom stereocenters. The quantitative estimate of drug-likeness (QED) is 0.402. The lowest BCUT2D eigenvalue weighted by Gasteiger charge is -2.35. The summed E-state index contributed by atoms with van der Waals surface area (Å²) >= 11 is 3.39. The molecule has 0 saturated carbocycles. The van der Waals surface area contributed by atoms with Crippen molar-refractivity contribution in [1.29, 1.82) is 0 Å². The minimum atomic E-state index is -0.822. The summed E-state index contributed by atoms with van der Waals surface area (Å²) in [5.74, 6) is -2.21. The number of hydrogen-bond donors (Lipinski definition) is 0. The van der Waals surface area contributed by atoms with Crippen molar-refractivity contribution in [3.8, 4) is 0 Å². The van der Waals surface area contributed by atoms with Gasteiger partial charge in [-0.05, 0) is 53.6 Å². The number of hydrogen-bond acceptors (Lipinski definition) is 5. The molecule has 6 rings (SSSR count). The van der Waals surface area contributed by atoms with Crippen molar-refractivity contribution in [1.82, 2.24) is 4.90 Å².